The molecule has 0 saturated heterocycles. The van der Waals surface area contributed by atoms with Crippen LogP contribution in [0.3, 0.4) is 0 Å². The maximum absolute atomic E-state index is 13.5. The quantitative estimate of drug-likeness (QED) is 0.133. The van der Waals surface area contributed by atoms with Gasteiger partial charge in [-0.3, -0.25) is 9.59 Å². The number of rotatable bonds is 16. The number of aliphatic hydroxyl groups excluding tert-OH is 2. The highest BCUT2D eigenvalue weighted by Crippen LogP contribution is 2.30. The summed E-state index contributed by atoms with van der Waals surface area (Å²) in [4.78, 5) is 38.7. The lowest BCUT2D eigenvalue weighted by Crippen LogP contribution is -2.51. The van der Waals surface area contributed by atoms with Crippen LogP contribution < -0.4 is 26.6 Å². The van der Waals surface area contributed by atoms with Crippen LogP contribution in [0.4, 0.5) is 10.5 Å². The van der Waals surface area contributed by atoms with Gasteiger partial charge in [0.1, 0.15) is 6.04 Å². The largest absolute Gasteiger partial charge is 0.394 e. The lowest BCUT2D eigenvalue weighted by molar-refractivity contribution is -0.130. The zero-order chi connectivity index (χ0) is 32.0. The molecule has 3 rings (SSSR count). The van der Waals surface area contributed by atoms with Gasteiger partial charge < -0.3 is 36.8 Å². The number of para-hydroxylation sites is 1. The summed E-state index contributed by atoms with van der Waals surface area (Å²) in [6.45, 7) is 3.64. The maximum Gasteiger partial charge on any atom is 0.318 e. The van der Waals surface area contributed by atoms with Gasteiger partial charge in [0.2, 0.25) is 11.8 Å². The Hall–Kier alpha value is -4.25. The standard InChI is InChI=1S/C34H45N5O5/c1-34(2,37-22-26(41)23-40)20-31(42)38-30(19-11-14-24-12-5-4-6-13-24)32(43)36-21-25-15-7-8-16-27(25)28-17-9-10-18-29(28)39-33(44)35-3/h4-10,12-13,15-18,26,30,37,40-41H,11,14,19-23H2,1-3H3,(H,36,43)(H,38,42)(H2,35,39,44)/t26-,30+/m0/s1. The van der Waals surface area contributed by atoms with Crippen LogP contribution in [0.2, 0.25) is 0 Å². The van der Waals surface area contributed by atoms with E-state index in [2.05, 4.69) is 26.6 Å². The van der Waals surface area contributed by atoms with Crippen LogP contribution in [-0.4, -0.2) is 65.9 Å². The average molecular weight is 604 g/mol. The molecule has 7 N–H and O–H groups in total. The minimum atomic E-state index is -0.928. The second kappa shape index (κ2) is 17.1. The number of hydrogen-bond acceptors (Lipinski definition) is 6. The lowest BCUT2D eigenvalue weighted by Gasteiger charge is -2.28. The van der Waals surface area contributed by atoms with Crippen molar-refractivity contribution in [2.45, 2.75) is 63.8 Å². The molecule has 236 valence electrons. The zero-order valence-electron chi connectivity index (χ0n) is 25.7. The van der Waals surface area contributed by atoms with Crippen LogP contribution in [0.25, 0.3) is 11.1 Å². The van der Waals surface area contributed by atoms with Crippen LogP contribution in [0.5, 0.6) is 0 Å². The Balaban J connectivity index is 1.72. The Bertz CT molecular complexity index is 1360. The predicted octanol–water partition coefficient (Wildman–Crippen LogP) is 3.34. The Morgan fingerprint density at radius 3 is 2.25 bits per heavy atom. The molecule has 3 aromatic carbocycles. The van der Waals surface area contributed by atoms with Gasteiger partial charge in [0, 0.05) is 37.7 Å². The van der Waals surface area contributed by atoms with Gasteiger partial charge >= 0.3 is 6.03 Å². The molecule has 3 aromatic rings. The molecule has 0 aromatic heterocycles. The third-order valence-corrected chi connectivity index (χ3v) is 7.25. The molecule has 2 atom stereocenters. The molecular weight excluding hydrogens is 558 g/mol. The van der Waals surface area contributed by atoms with Crippen molar-refractivity contribution in [3.05, 3.63) is 90.0 Å². The van der Waals surface area contributed by atoms with Crippen LogP contribution in [0.15, 0.2) is 78.9 Å². The molecule has 0 aliphatic heterocycles. The highest BCUT2D eigenvalue weighted by Gasteiger charge is 2.26. The summed E-state index contributed by atoms with van der Waals surface area (Å²) in [5.74, 6) is -0.588. The first-order valence-corrected chi connectivity index (χ1v) is 14.9. The number of carbonyl (C=O) groups is 3. The first-order chi connectivity index (χ1) is 21.1. The highest BCUT2D eigenvalue weighted by molar-refractivity contribution is 5.95. The third-order valence-electron chi connectivity index (χ3n) is 7.25. The van der Waals surface area contributed by atoms with Crippen LogP contribution in [0.1, 0.15) is 44.2 Å². The molecule has 0 saturated carbocycles. The normalized spacial score (nSPS) is 12.6. The van der Waals surface area contributed by atoms with E-state index >= 15 is 0 Å². The summed E-state index contributed by atoms with van der Waals surface area (Å²) in [7, 11) is 1.55. The maximum atomic E-state index is 13.5. The fourth-order valence-corrected chi connectivity index (χ4v) is 4.85. The Kier molecular flexibility index (Phi) is 13.3. The van der Waals surface area contributed by atoms with E-state index in [9.17, 15) is 19.5 Å². The number of aliphatic hydroxyl groups is 2. The highest BCUT2D eigenvalue weighted by atomic mass is 16.3. The molecule has 0 aliphatic carbocycles. The molecule has 0 heterocycles. The van der Waals surface area contributed by atoms with Gasteiger partial charge in [0.15, 0.2) is 0 Å². The van der Waals surface area contributed by atoms with E-state index in [0.717, 1.165) is 28.7 Å². The number of amides is 4. The molecular formula is C34H45N5O5. The van der Waals surface area contributed by atoms with Crippen molar-refractivity contribution >= 4 is 23.5 Å². The number of carbonyl (C=O) groups excluding carboxylic acids is 3. The Morgan fingerprint density at radius 1 is 0.886 bits per heavy atom. The van der Waals surface area contributed by atoms with E-state index in [4.69, 9.17) is 5.11 Å². The first-order valence-electron chi connectivity index (χ1n) is 14.9. The summed E-state index contributed by atoms with van der Waals surface area (Å²) in [5, 5.41) is 33.2. The van der Waals surface area contributed by atoms with Crippen molar-refractivity contribution < 1.29 is 24.6 Å². The second-order valence-electron chi connectivity index (χ2n) is 11.4. The fourth-order valence-electron chi connectivity index (χ4n) is 4.85. The van der Waals surface area contributed by atoms with Gasteiger partial charge in [0.25, 0.3) is 0 Å². The monoisotopic (exact) mass is 603 g/mol. The molecule has 0 fully saturated rings. The topological polar surface area (TPSA) is 152 Å². The average Bonchev–Trinajstić information content (AvgIpc) is 3.02. The van der Waals surface area contributed by atoms with Crippen molar-refractivity contribution in [1.29, 1.82) is 0 Å². The number of anilines is 1. The third kappa shape index (κ3) is 11.1. The molecule has 4 amide bonds. The number of β-amino-alcohol motifs (C(OH)–C–C–N with tert-alkyl or cyclic N) is 1. The Morgan fingerprint density at radius 2 is 1.55 bits per heavy atom. The number of aryl methyl sites for hydroxylation is 1. The number of benzene rings is 3. The van der Waals surface area contributed by atoms with Crippen LogP contribution in [0, 0.1) is 0 Å². The fraction of sp³-hybridized carbons (Fsp3) is 0.382. The molecule has 10 nitrogen and oxygen atoms in total. The predicted molar refractivity (Wildman–Crippen MR) is 173 cm³/mol. The number of urea groups is 1. The number of hydrogen-bond donors (Lipinski definition) is 7. The molecule has 10 heteroatoms. The summed E-state index contributed by atoms with van der Waals surface area (Å²) in [6, 6.07) is 24.0. The molecule has 0 spiro atoms. The van der Waals surface area contributed by atoms with Gasteiger partial charge in [-0.25, -0.2) is 4.79 Å². The van der Waals surface area contributed by atoms with Gasteiger partial charge in [-0.05, 0) is 55.9 Å². The smallest absolute Gasteiger partial charge is 0.318 e. The van der Waals surface area contributed by atoms with Crippen molar-refractivity contribution in [1.82, 2.24) is 21.3 Å². The summed E-state index contributed by atoms with van der Waals surface area (Å²) in [6.07, 6.45) is 1.06. The molecule has 44 heavy (non-hydrogen) atoms. The molecule has 0 aliphatic rings. The summed E-state index contributed by atoms with van der Waals surface area (Å²) < 4.78 is 0. The van der Waals surface area contributed by atoms with E-state index in [-0.39, 0.29) is 44.0 Å². The van der Waals surface area contributed by atoms with Gasteiger partial charge in [-0.1, -0.05) is 72.8 Å². The number of nitrogens with one attached hydrogen (secondary N) is 5. The van der Waals surface area contributed by atoms with E-state index in [1.54, 1.807) is 7.05 Å². The molecule has 0 bridgehead atoms. The first kappa shape index (κ1) is 34.2. The van der Waals surface area contributed by atoms with Gasteiger partial charge in [-0.15, -0.1) is 0 Å². The van der Waals surface area contributed by atoms with Crippen molar-refractivity contribution in [3.8, 4) is 11.1 Å². The molecule has 0 radical (unpaired) electrons. The molecule has 0 unspecified atom stereocenters. The second-order valence-corrected chi connectivity index (χ2v) is 11.4. The van der Waals surface area contributed by atoms with Gasteiger partial charge in [0.05, 0.1) is 18.4 Å². The van der Waals surface area contributed by atoms with Crippen molar-refractivity contribution in [2.24, 2.45) is 0 Å². The minimum absolute atomic E-state index is 0.0750. The Labute approximate surface area is 259 Å². The lowest BCUT2D eigenvalue weighted by atomic mass is 9.97. The SMILES string of the molecule is CNC(=O)Nc1ccccc1-c1ccccc1CNC(=O)[C@@H](CCCc1ccccc1)NC(=O)CC(C)(C)NC[C@H](O)CO. The van der Waals surface area contributed by atoms with Gasteiger partial charge in [-0.2, -0.15) is 0 Å². The van der Waals surface area contributed by atoms with E-state index in [1.165, 1.54) is 0 Å². The van der Waals surface area contributed by atoms with Crippen LogP contribution >= 0.6 is 0 Å². The van der Waals surface area contributed by atoms with Crippen LogP contribution in [-0.2, 0) is 22.6 Å². The van der Waals surface area contributed by atoms with Crippen molar-refractivity contribution in [2.75, 3.05) is 25.5 Å². The zero-order valence-corrected chi connectivity index (χ0v) is 25.7. The van der Waals surface area contributed by atoms with E-state index < -0.39 is 17.7 Å². The van der Waals surface area contributed by atoms with E-state index in [0.29, 0.717) is 18.5 Å². The minimum Gasteiger partial charge on any atom is -0.394 e. The van der Waals surface area contributed by atoms with Crippen molar-refractivity contribution in [3.63, 3.8) is 0 Å². The summed E-state index contributed by atoms with van der Waals surface area (Å²) in [5.41, 5.74) is 3.66. The van der Waals surface area contributed by atoms with E-state index in [1.807, 2.05) is 92.7 Å². The summed E-state index contributed by atoms with van der Waals surface area (Å²) >= 11 is 0.